The molecule has 0 radical (unpaired) electrons. The fourth-order valence-corrected chi connectivity index (χ4v) is 2.77. The Labute approximate surface area is 154 Å². The topological polar surface area (TPSA) is 74.3 Å². The lowest BCUT2D eigenvalue weighted by atomic mass is 10.1. The normalized spacial score (nSPS) is 16.5. The molecule has 0 aromatic rings. The number of rotatable bonds is 12. The first kappa shape index (κ1) is 23.4. The van der Waals surface area contributed by atoms with E-state index < -0.39 is 16.3 Å². The van der Waals surface area contributed by atoms with Crippen molar-refractivity contribution in [2.24, 2.45) is 0 Å². The summed E-state index contributed by atoms with van der Waals surface area (Å²) in [6, 6.07) is 0. The number of aldehydes is 2. The van der Waals surface area contributed by atoms with E-state index in [-0.39, 0.29) is 0 Å². The van der Waals surface area contributed by atoms with E-state index in [4.69, 9.17) is 0 Å². The van der Waals surface area contributed by atoms with Crippen molar-refractivity contribution in [2.75, 3.05) is 0 Å². The number of hydrogen-bond donors (Lipinski definition) is 0. The Kier molecular flexibility index (Phi) is 12.8. The smallest absolute Gasteiger partial charge is 0.145 e. The molecule has 0 spiro atoms. The molecule has 0 bridgehead atoms. The summed E-state index contributed by atoms with van der Waals surface area (Å²) in [6.45, 7) is 7.40. The molecule has 0 aliphatic heterocycles. The van der Waals surface area contributed by atoms with Crippen LogP contribution in [0.15, 0.2) is 46.6 Å². The first-order valence-corrected chi connectivity index (χ1v) is 9.58. The summed E-state index contributed by atoms with van der Waals surface area (Å²) in [6.07, 6.45) is 12.6. The van der Waals surface area contributed by atoms with Crippen LogP contribution in [0.5, 0.6) is 0 Å². The van der Waals surface area contributed by atoms with Crippen LogP contribution in [0.4, 0.5) is 0 Å². The first-order chi connectivity index (χ1) is 11.8. The Morgan fingerprint density at radius 2 is 1.36 bits per heavy atom. The average molecular weight is 366 g/mol. The number of carbonyl (C=O) groups is 2. The van der Waals surface area contributed by atoms with Gasteiger partial charge in [-0.3, -0.25) is 13.8 Å². The highest BCUT2D eigenvalue weighted by Crippen LogP contribution is 2.15. The molecule has 25 heavy (non-hydrogen) atoms. The van der Waals surface area contributed by atoms with Crippen molar-refractivity contribution >= 4 is 23.7 Å². The summed E-state index contributed by atoms with van der Waals surface area (Å²) in [5.41, 5.74) is 3.51. The Bertz CT molecular complexity index is 583. The summed E-state index contributed by atoms with van der Waals surface area (Å²) >= 11 is -2.17. The van der Waals surface area contributed by atoms with E-state index in [1.807, 2.05) is 32.1 Å². The molecule has 4 nitrogen and oxygen atoms in total. The minimum absolute atomic E-state index is 0.443. The summed E-state index contributed by atoms with van der Waals surface area (Å²) in [5, 5.41) is -0.543. The largest absolute Gasteiger partial charge is 0.772 e. The average Bonchev–Trinajstić information content (AvgIpc) is 2.57. The van der Waals surface area contributed by atoms with E-state index in [1.54, 1.807) is 19.9 Å². The molecule has 0 saturated heterocycles. The van der Waals surface area contributed by atoms with Crippen molar-refractivity contribution in [1.29, 1.82) is 0 Å². The molecule has 0 aromatic carbocycles. The number of allylic oxidation sites excluding steroid dienone is 7. The van der Waals surface area contributed by atoms with Crippen LogP contribution in [-0.4, -0.2) is 26.6 Å². The van der Waals surface area contributed by atoms with Crippen LogP contribution in [0.2, 0.25) is 0 Å². The second-order valence-corrected chi connectivity index (χ2v) is 7.43. The zero-order valence-electron chi connectivity index (χ0n) is 15.6. The second-order valence-electron chi connectivity index (χ2n) is 6.31. The molecule has 0 heterocycles. The van der Waals surface area contributed by atoms with Crippen molar-refractivity contribution in [1.82, 2.24) is 0 Å². The van der Waals surface area contributed by atoms with Gasteiger partial charge in [0, 0.05) is 5.25 Å². The Hall–Kier alpha value is -1.59. The predicted molar refractivity (Wildman–Crippen MR) is 103 cm³/mol. The monoisotopic (exact) mass is 365 g/mol. The Balaban J connectivity index is 4.65. The fourth-order valence-electron chi connectivity index (χ4n) is 2.17. The van der Waals surface area contributed by atoms with Gasteiger partial charge in [0.1, 0.15) is 12.6 Å². The van der Waals surface area contributed by atoms with Gasteiger partial charge in [0.2, 0.25) is 0 Å². The maximum absolute atomic E-state index is 11.4. The van der Waals surface area contributed by atoms with Crippen molar-refractivity contribution < 1.29 is 18.4 Å². The molecule has 0 aliphatic rings. The molecule has 0 rings (SSSR count). The molecular formula is C20H29O4S-. The first-order valence-electron chi connectivity index (χ1n) is 8.45. The van der Waals surface area contributed by atoms with Gasteiger partial charge in [-0.05, 0) is 82.0 Å². The maximum Gasteiger partial charge on any atom is 0.145 e. The van der Waals surface area contributed by atoms with Crippen LogP contribution >= 0.6 is 0 Å². The van der Waals surface area contributed by atoms with Crippen LogP contribution < -0.4 is 0 Å². The third-order valence-corrected chi connectivity index (χ3v) is 4.62. The van der Waals surface area contributed by atoms with Gasteiger partial charge in [-0.15, -0.1) is 0 Å². The SMILES string of the molecule is CC(C=O)=CCCC(C)=CCC(C=C(C)CCC=C(C)C=O)S(=O)[O-]. The molecule has 0 saturated carbocycles. The van der Waals surface area contributed by atoms with Crippen LogP contribution in [0, 0.1) is 0 Å². The third kappa shape index (κ3) is 12.4. The molecule has 2 unspecified atom stereocenters. The van der Waals surface area contributed by atoms with Gasteiger partial charge in [-0.2, -0.15) is 0 Å². The lowest BCUT2D eigenvalue weighted by Crippen LogP contribution is -2.11. The highest BCUT2D eigenvalue weighted by Gasteiger charge is 2.05. The molecule has 0 fully saturated rings. The van der Waals surface area contributed by atoms with Crippen LogP contribution in [0.3, 0.4) is 0 Å². The van der Waals surface area contributed by atoms with Crippen LogP contribution in [0.25, 0.3) is 0 Å². The second kappa shape index (κ2) is 13.7. The van der Waals surface area contributed by atoms with E-state index in [9.17, 15) is 18.4 Å². The summed E-state index contributed by atoms with van der Waals surface area (Å²) < 4.78 is 22.9. The Morgan fingerprint density at radius 1 is 0.880 bits per heavy atom. The number of hydrogen-bond acceptors (Lipinski definition) is 4. The molecule has 0 aromatic heterocycles. The molecule has 0 N–H and O–H groups in total. The lowest BCUT2D eigenvalue weighted by molar-refractivity contribution is -0.105. The quantitative estimate of drug-likeness (QED) is 0.223. The molecule has 0 amide bonds. The van der Waals surface area contributed by atoms with Gasteiger partial charge in [0.25, 0.3) is 0 Å². The zero-order chi connectivity index (χ0) is 19.2. The molecule has 5 heteroatoms. The standard InChI is InChI=1S/C20H30O4S/c1-16(7-5-9-18(3)14-21)11-12-20(25(23)24)13-17(2)8-6-10-19(4)15-22/h9-11,13-15,20H,5-8,12H2,1-4H3,(H,23,24)/p-1. The molecule has 2 atom stereocenters. The molecule has 140 valence electrons. The third-order valence-electron chi connectivity index (χ3n) is 3.80. The minimum atomic E-state index is -2.17. The van der Waals surface area contributed by atoms with E-state index in [0.717, 1.165) is 49.4 Å². The van der Waals surface area contributed by atoms with Crippen LogP contribution in [0.1, 0.15) is 59.8 Å². The highest BCUT2D eigenvalue weighted by atomic mass is 32.2. The van der Waals surface area contributed by atoms with Crippen molar-refractivity contribution in [3.8, 4) is 0 Å². The fraction of sp³-hybridized carbons (Fsp3) is 0.500. The van der Waals surface area contributed by atoms with E-state index >= 15 is 0 Å². The zero-order valence-corrected chi connectivity index (χ0v) is 16.4. The van der Waals surface area contributed by atoms with Crippen molar-refractivity contribution in [3.63, 3.8) is 0 Å². The summed E-state index contributed by atoms with van der Waals surface area (Å²) in [7, 11) is 0. The minimum Gasteiger partial charge on any atom is -0.772 e. The highest BCUT2D eigenvalue weighted by molar-refractivity contribution is 7.80. The van der Waals surface area contributed by atoms with Gasteiger partial charge in [0.05, 0.1) is 0 Å². The van der Waals surface area contributed by atoms with Gasteiger partial charge >= 0.3 is 0 Å². The molecule has 0 aliphatic carbocycles. The molecular weight excluding hydrogens is 336 g/mol. The van der Waals surface area contributed by atoms with Crippen LogP contribution in [-0.2, 0) is 20.7 Å². The Morgan fingerprint density at radius 3 is 1.80 bits per heavy atom. The van der Waals surface area contributed by atoms with Crippen molar-refractivity contribution in [3.05, 3.63) is 46.6 Å². The van der Waals surface area contributed by atoms with Gasteiger partial charge in [-0.1, -0.05) is 35.5 Å². The predicted octanol–water partition coefficient (Wildman–Crippen LogP) is 4.37. The van der Waals surface area contributed by atoms with E-state index in [2.05, 4.69) is 0 Å². The van der Waals surface area contributed by atoms with Gasteiger partial charge < -0.3 is 4.55 Å². The van der Waals surface area contributed by atoms with Gasteiger partial charge in [-0.25, -0.2) is 0 Å². The lowest BCUT2D eigenvalue weighted by Gasteiger charge is -2.16. The number of carbonyl (C=O) groups excluding carboxylic acids is 2. The van der Waals surface area contributed by atoms with E-state index in [1.165, 1.54) is 0 Å². The van der Waals surface area contributed by atoms with Crippen molar-refractivity contribution in [2.45, 2.75) is 65.0 Å². The summed E-state index contributed by atoms with van der Waals surface area (Å²) in [5.74, 6) is 0. The maximum atomic E-state index is 11.4. The van der Waals surface area contributed by atoms with Gasteiger partial charge in [0.15, 0.2) is 0 Å². The van der Waals surface area contributed by atoms with E-state index in [0.29, 0.717) is 17.6 Å². The summed E-state index contributed by atoms with van der Waals surface area (Å²) in [4.78, 5) is 21.1.